The van der Waals surface area contributed by atoms with Crippen LogP contribution in [0.15, 0.2) is 77.7 Å². The molecule has 0 unspecified atom stereocenters. The SMILES string of the molecule is N#CC[C@]1(S(=O)(=O)c2ccc3ccccc3c2)C[C@@H](OCc2ccccc2)CN1. The van der Waals surface area contributed by atoms with Crippen LogP contribution in [0.5, 0.6) is 0 Å². The zero-order chi connectivity index (χ0) is 20.3. The van der Waals surface area contributed by atoms with Crippen LogP contribution in [0.25, 0.3) is 10.8 Å². The molecule has 29 heavy (non-hydrogen) atoms. The Morgan fingerprint density at radius 3 is 2.52 bits per heavy atom. The Balaban J connectivity index is 1.59. The fourth-order valence-electron chi connectivity index (χ4n) is 3.84. The molecule has 3 aromatic rings. The maximum Gasteiger partial charge on any atom is 0.198 e. The lowest BCUT2D eigenvalue weighted by Gasteiger charge is -2.27. The van der Waals surface area contributed by atoms with Crippen molar-refractivity contribution >= 4 is 20.6 Å². The van der Waals surface area contributed by atoms with Gasteiger partial charge in [0.05, 0.1) is 30.1 Å². The number of hydrogen-bond donors (Lipinski definition) is 1. The minimum atomic E-state index is -3.78. The van der Waals surface area contributed by atoms with Crippen LogP contribution in [0.4, 0.5) is 0 Å². The zero-order valence-electron chi connectivity index (χ0n) is 15.9. The highest BCUT2D eigenvalue weighted by molar-refractivity contribution is 7.92. The third kappa shape index (κ3) is 3.77. The summed E-state index contributed by atoms with van der Waals surface area (Å²) < 4.78 is 33.0. The van der Waals surface area contributed by atoms with Crippen molar-refractivity contribution in [2.45, 2.75) is 35.3 Å². The number of rotatable bonds is 6. The van der Waals surface area contributed by atoms with E-state index in [9.17, 15) is 13.7 Å². The van der Waals surface area contributed by atoms with E-state index < -0.39 is 14.7 Å². The van der Waals surface area contributed by atoms with Gasteiger partial charge in [-0.3, -0.25) is 5.32 Å². The van der Waals surface area contributed by atoms with Crippen LogP contribution in [-0.4, -0.2) is 25.9 Å². The van der Waals surface area contributed by atoms with E-state index in [4.69, 9.17) is 4.74 Å². The fraction of sp³-hybridized carbons (Fsp3) is 0.261. The molecule has 0 aliphatic carbocycles. The van der Waals surface area contributed by atoms with Crippen LogP contribution in [0.3, 0.4) is 0 Å². The number of nitrogens with zero attached hydrogens (tertiary/aromatic N) is 1. The van der Waals surface area contributed by atoms with Crippen molar-refractivity contribution in [3.63, 3.8) is 0 Å². The van der Waals surface area contributed by atoms with Crippen molar-refractivity contribution in [2.75, 3.05) is 6.54 Å². The second-order valence-corrected chi connectivity index (χ2v) is 9.60. The molecule has 1 saturated heterocycles. The minimum Gasteiger partial charge on any atom is -0.372 e. The van der Waals surface area contributed by atoms with Gasteiger partial charge in [-0.15, -0.1) is 0 Å². The summed E-state index contributed by atoms with van der Waals surface area (Å²) in [5.74, 6) is 0. The first-order chi connectivity index (χ1) is 14.0. The number of sulfone groups is 1. The number of nitriles is 1. The summed E-state index contributed by atoms with van der Waals surface area (Å²) >= 11 is 0. The first-order valence-electron chi connectivity index (χ1n) is 9.55. The van der Waals surface area contributed by atoms with Crippen LogP contribution in [0.2, 0.25) is 0 Å². The Bertz CT molecular complexity index is 1160. The maximum absolute atomic E-state index is 13.5. The molecule has 0 amide bonds. The molecule has 1 aliphatic rings. The first-order valence-corrected chi connectivity index (χ1v) is 11.0. The average molecular weight is 407 g/mol. The highest BCUT2D eigenvalue weighted by atomic mass is 32.2. The van der Waals surface area contributed by atoms with E-state index >= 15 is 0 Å². The van der Waals surface area contributed by atoms with Crippen LogP contribution in [0.1, 0.15) is 18.4 Å². The van der Waals surface area contributed by atoms with E-state index in [0.29, 0.717) is 13.2 Å². The summed E-state index contributed by atoms with van der Waals surface area (Å²) in [6.07, 6.45) is -0.172. The second kappa shape index (κ2) is 7.96. The largest absolute Gasteiger partial charge is 0.372 e. The molecule has 0 spiro atoms. The van der Waals surface area contributed by atoms with Crippen LogP contribution in [-0.2, 0) is 21.2 Å². The number of ether oxygens (including phenoxy) is 1. The standard InChI is InChI=1S/C23H22N2O3S/c24-13-12-23(15-21(16-25-23)28-17-18-6-2-1-3-7-18)29(26,27)22-11-10-19-8-4-5-9-20(19)14-22/h1-11,14,21,25H,12,15-17H2/t21-,23+/m1/s1. The molecule has 0 bridgehead atoms. The smallest absolute Gasteiger partial charge is 0.198 e. The lowest BCUT2D eigenvalue weighted by atomic mass is 10.1. The van der Waals surface area contributed by atoms with Crippen LogP contribution < -0.4 is 5.32 Å². The van der Waals surface area contributed by atoms with Gasteiger partial charge in [-0.25, -0.2) is 8.42 Å². The molecule has 1 heterocycles. The number of nitrogens with one attached hydrogen (secondary N) is 1. The topological polar surface area (TPSA) is 79.2 Å². The molecule has 0 radical (unpaired) electrons. The predicted octanol–water partition coefficient (Wildman–Crippen LogP) is 3.80. The van der Waals surface area contributed by atoms with Gasteiger partial charge in [-0.2, -0.15) is 5.26 Å². The van der Waals surface area contributed by atoms with Crippen molar-refractivity contribution in [3.8, 4) is 6.07 Å². The van der Waals surface area contributed by atoms with Gasteiger partial charge in [-0.1, -0.05) is 60.7 Å². The predicted molar refractivity (Wildman–Crippen MR) is 112 cm³/mol. The molecule has 4 rings (SSSR count). The Kier molecular flexibility index (Phi) is 5.37. The highest BCUT2D eigenvalue weighted by Gasteiger charge is 2.50. The lowest BCUT2D eigenvalue weighted by Crippen LogP contribution is -2.47. The average Bonchev–Trinajstić information content (AvgIpc) is 3.18. The molecule has 5 nitrogen and oxygen atoms in total. The third-order valence-electron chi connectivity index (χ3n) is 5.45. The van der Waals surface area contributed by atoms with Crippen molar-refractivity contribution in [1.29, 1.82) is 5.26 Å². The van der Waals surface area contributed by atoms with E-state index in [0.717, 1.165) is 16.3 Å². The molecule has 0 aromatic heterocycles. The van der Waals surface area contributed by atoms with E-state index in [1.54, 1.807) is 18.2 Å². The summed E-state index contributed by atoms with van der Waals surface area (Å²) in [5.41, 5.74) is 1.03. The summed E-state index contributed by atoms with van der Waals surface area (Å²) in [6.45, 7) is 0.799. The maximum atomic E-state index is 13.5. The number of fused-ring (bicyclic) bond motifs is 1. The van der Waals surface area contributed by atoms with Gasteiger partial charge < -0.3 is 4.74 Å². The van der Waals surface area contributed by atoms with Gasteiger partial charge in [-0.05, 0) is 28.5 Å². The molecule has 0 saturated carbocycles. The van der Waals surface area contributed by atoms with Crippen LogP contribution in [0, 0.1) is 11.3 Å². The van der Waals surface area contributed by atoms with Gasteiger partial charge in [0.15, 0.2) is 9.84 Å². The fourth-order valence-corrected chi connectivity index (χ4v) is 5.75. The van der Waals surface area contributed by atoms with Gasteiger partial charge in [0.25, 0.3) is 0 Å². The Labute approximate surface area is 170 Å². The Morgan fingerprint density at radius 1 is 1.03 bits per heavy atom. The minimum absolute atomic E-state index is 0.132. The van der Waals surface area contributed by atoms with Crippen molar-refractivity contribution in [2.24, 2.45) is 0 Å². The number of benzene rings is 3. The molecule has 1 fully saturated rings. The summed E-state index contributed by atoms with van der Waals surface area (Å²) in [6, 6.07) is 24.6. The number of hydrogen-bond acceptors (Lipinski definition) is 5. The highest BCUT2D eigenvalue weighted by Crippen LogP contribution is 2.36. The normalized spacial score (nSPS) is 21.8. The molecule has 1 N–H and O–H groups in total. The van der Waals surface area contributed by atoms with E-state index in [1.807, 2.05) is 54.6 Å². The lowest BCUT2D eigenvalue weighted by molar-refractivity contribution is 0.0516. The van der Waals surface area contributed by atoms with Crippen molar-refractivity contribution in [1.82, 2.24) is 5.32 Å². The molecule has 2 atom stereocenters. The Morgan fingerprint density at radius 2 is 1.76 bits per heavy atom. The summed E-state index contributed by atoms with van der Waals surface area (Å²) in [7, 11) is -3.78. The summed E-state index contributed by atoms with van der Waals surface area (Å²) in [4.78, 5) is -1.12. The Hall–Kier alpha value is -2.72. The van der Waals surface area contributed by atoms with Gasteiger partial charge in [0.1, 0.15) is 4.87 Å². The van der Waals surface area contributed by atoms with E-state index in [2.05, 4.69) is 11.4 Å². The third-order valence-corrected chi connectivity index (χ3v) is 7.81. The quantitative estimate of drug-likeness (QED) is 0.674. The first kappa shape index (κ1) is 19.6. The van der Waals surface area contributed by atoms with Crippen molar-refractivity contribution in [3.05, 3.63) is 78.4 Å². The molecule has 3 aromatic carbocycles. The van der Waals surface area contributed by atoms with Gasteiger partial charge in [0, 0.05) is 13.0 Å². The molecular formula is C23H22N2O3S. The molecule has 148 valence electrons. The molecular weight excluding hydrogens is 384 g/mol. The van der Waals surface area contributed by atoms with E-state index in [1.165, 1.54) is 0 Å². The molecule has 1 aliphatic heterocycles. The van der Waals surface area contributed by atoms with Crippen LogP contribution >= 0.6 is 0 Å². The monoisotopic (exact) mass is 406 g/mol. The summed E-state index contributed by atoms with van der Waals surface area (Å²) in [5, 5.41) is 14.3. The second-order valence-electron chi connectivity index (χ2n) is 7.35. The zero-order valence-corrected chi connectivity index (χ0v) is 16.7. The van der Waals surface area contributed by atoms with E-state index in [-0.39, 0.29) is 23.8 Å². The molecule has 6 heteroatoms. The van der Waals surface area contributed by atoms with Gasteiger partial charge in [0.2, 0.25) is 0 Å². The van der Waals surface area contributed by atoms with Crippen molar-refractivity contribution < 1.29 is 13.2 Å². The van der Waals surface area contributed by atoms with Gasteiger partial charge >= 0.3 is 0 Å².